The van der Waals surface area contributed by atoms with Gasteiger partial charge in [-0.1, -0.05) is 19.9 Å². The van der Waals surface area contributed by atoms with Crippen molar-refractivity contribution in [3.8, 4) is 0 Å². The Balaban J connectivity index is 2.04. The number of benzene rings is 1. The topological polar surface area (TPSA) is 92.7 Å². The van der Waals surface area contributed by atoms with Crippen LogP contribution in [0.25, 0.3) is 0 Å². The molecule has 1 heterocycles. The molecule has 1 aromatic carbocycles. The first-order chi connectivity index (χ1) is 11.5. The van der Waals surface area contributed by atoms with Gasteiger partial charge in [-0.3, -0.25) is 14.9 Å². The highest BCUT2D eigenvalue weighted by molar-refractivity contribution is 5.83. The van der Waals surface area contributed by atoms with Gasteiger partial charge in [0.2, 0.25) is 5.91 Å². The Labute approximate surface area is 142 Å². The van der Waals surface area contributed by atoms with Gasteiger partial charge in [0.05, 0.1) is 10.3 Å². The molecule has 0 aliphatic carbocycles. The fraction of sp³-hybridized carbons (Fsp3) is 0.588. The molecule has 7 nitrogen and oxygen atoms in total. The zero-order valence-electron chi connectivity index (χ0n) is 14.4. The fourth-order valence-electron chi connectivity index (χ4n) is 3.23. The summed E-state index contributed by atoms with van der Waals surface area (Å²) < 4.78 is 0. The molecule has 24 heavy (non-hydrogen) atoms. The van der Waals surface area contributed by atoms with Crippen LogP contribution in [0.2, 0.25) is 0 Å². The van der Waals surface area contributed by atoms with Crippen LogP contribution in [0.4, 0.5) is 11.4 Å². The summed E-state index contributed by atoms with van der Waals surface area (Å²) >= 11 is 0. The minimum atomic E-state index is -0.465. The van der Waals surface area contributed by atoms with Crippen LogP contribution in [0.15, 0.2) is 24.3 Å². The van der Waals surface area contributed by atoms with Gasteiger partial charge in [0, 0.05) is 50.5 Å². The van der Waals surface area contributed by atoms with Gasteiger partial charge >= 0.3 is 0 Å². The Hall–Kier alpha value is -2.15. The van der Waals surface area contributed by atoms with Crippen molar-refractivity contribution in [2.75, 3.05) is 37.6 Å². The van der Waals surface area contributed by atoms with Crippen molar-refractivity contribution in [3.63, 3.8) is 0 Å². The van der Waals surface area contributed by atoms with Gasteiger partial charge in [0.1, 0.15) is 0 Å². The molecule has 132 valence electrons. The maximum absolute atomic E-state index is 12.8. The van der Waals surface area contributed by atoms with E-state index in [-0.39, 0.29) is 16.5 Å². The average Bonchev–Trinajstić information content (AvgIpc) is 2.63. The van der Waals surface area contributed by atoms with Crippen molar-refractivity contribution in [3.05, 3.63) is 34.4 Å². The third kappa shape index (κ3) is 3.51. The number of nitro groups is 1. The van der Waals surface area contributed by atoms with Crippen molar-refractivity contribution in [1.29, 1.82) is 0 Å². The first-order valence-electron chi connectivity index (χ1n) is 8.46. The minimum Gasteiger partial charge on any atom is -0.368 e. The molecule has 0 unspecified atom stereocenters. The maximum Gasteiger partial charge on any atom is 0.271 e. The summed E-state index contributed by atoms with van der Waals surface area (Å²) in [4.78, 5) is 27.3. The number of hydrogen-bond acceptors (Lipinski definition) is 5. The molecule has 1 amide bonds. The summed E-state index contributed by atoms with van der Waals surface area (Å²) in [7, 11) is 0. The molecule has 0 saturated carbocycles. The molecule has 0 atom stereocenters. The van der Waals surface area contributed by atoms with Crippen molar-refractivity contribution >= 4 is 17.3 Å². The molecule has 0 aromatic heterocycles. The summed E-state index contributed by atoms with van der Waals surface area (Å²) in [5, 5.41) is 10.9. The lowest BCUT2D eigenvalue weighted by Gasteiger charge is -2.41. The van der Waals surface area contributed by atoms with Gasteiger partial charge in [-0.05, 0) is 18.9 Å². The van der Waals surface area contributed by atoms with Crippen LogP contribution < -0.4 is 10.6 Å². The number of hydrogen-bond donors (Lipinski definition) is 1. The van der Waals surface area contributed by atoms with Gasteiger partial charge in [-0.25, -0.2) is 0 Å². The summed E-state index contributed by atoms with van der Waals surface area (Å²) in [6.45, 7) is 6.94. The highest BCUT2D eigenvalue weighted by Crippen LogP contribution is 2.29. The molecular formula is C17H26N4O3. The molecule has 1 saturated heterocycles. The van der Waals surface area contributed by atoms with Crippen molar-refractivity contribution in [1.82, 2.24) is 4.90 Å². The molecular weight excluding hydrogens is 308 g/mol. The standard InChI is InChI=1S/C17H26N4O3/c1-3-17(4-2,13-18)16(22)20-10-8-19(9-11-20)14-6-5-7-15(12-14)21(23)24/h5-7,12H,3-4,8-11,13,18H2,1-2H3. The number of anilines is 1. The lowest BCUT2D eigenvalue weighted by atomic mass is 9.81. The van der Waals surface area contributed by atoms with Crippen molar-refractivity contribution in [2.24, 2.45) is 11.1 Å². The first-order valence-corrected chi connectivity index (χ1v) is 8.46. The number of nitrogens with zero attached hydrogens (tertiary/aromatic N) is 3. The SMILES string of the molecule is CCC(CC)(CN)C(=O)N1CCN(c2cccc([N+](=O)[O-])c2)CC1. The van der Waals surface area contributed by atoms with Gasteiger partial charge in [0.25, 0.3) is 5.69 Å². The Bertz CT molecular complexity index is 585. The van der Waals surface area contributed by atoms with Crippen LogP contribution in [0.1, 0.15) is 26.7 Å². The monoisotopic (exact) mass is 334 g/mol. The number of nitro benzene ring substituents is 1. The van der Waals surface area contributed by atoms with Crippen LogP contribution in [-0.2, 0) is 4.79 Å². The second-order valence-corrected chi connectivity index (χ2v) is 6.25. The quantitative estimate of drug-likeness (QED) is 0.634. The van der Waals surface area contributed by atoms with E-state index in [9.17, 15) is 14.9 Å². The highest BCUT2D eigenvalue weighted by Gasteiger charge is 2.37. The van der Waals surface area contributed by atoms with Gasteiger partial charge in [-0.15, -0.1) is 0 Å². The minimum absolute atomic E-state index is 0.0881. The average molecular weight is 334 g/mol. The van der Waals surface area contributed by atoms with Crippen LogP contribution >= 0.6 is 0 Å². The number of carbonyl (C=O) groups excluding carboxylic acids is 1. The maximum atomic E-state index is 12.8. The van der Waals surface area contributed by atoms with Crippen molar-refractivity contribution < 1.29 is 9.72 Å². The predicted molar refractivity (Wildman–Crippen MR) is 94.0 cm³/mol. The number of rotatable bonds is 6. The molecule has 0 spiro atoms. The second kappa shape index (κ2) is 7.61. The van der Waals surface area contributed by atoms with E-state index in [0.29, 0.717) is 32.7 Å². The Kier molecular flexibility index (Phi) is 5.77. The Morgan fingerprint density at radius 1 is 1.25 bits per heavy atom. The molecule has 1 aromatic rings. The normalized spacial score (nSPS) is 15.5. The highest BCUT2D eigenvalue weighted by atomic mass is 16.6. The second-order valence-electron chi connectivity index (χ2n) is 6.25. The summed E-state index contributed by atoms with van der Waals surface area (Å²) in [5.74, 6) is 0.133. The number of piperazine rings is 1. The summed E-state index contributed by atoms with van der Waals surface area (Å²) in [6, 6.07) is 6.63. The van der Waals surface area contributed by atoms with Crippen molar-refractivity contribution in [2.45, 2.75) is 26.7 Å². The van der Waals surface area contributed by atoms with E-state index < -0.39 is 5.41 Å². The van der Waals surface area contributed by atoms with Gasteiger partial charge in [-0.2, -0.15) is 0 Å². The first kappa shape index (κ1) is 18.2. The van der Waals surface area contributed by atoms with E-state index in [1.165, 1.54) is 6.07 Å². The lowest BCUT2D eigenvalue weighted by Crippen LogP contribution is -2.54. The zero-order chi connectivity index (χ0) is 17.7. The number of carbonyl (C=O) groups is 1. The largest absolute Gasteiger partial charge is 0.368 e. The van der Waals surface area contributed by atoms with Gasteiger partial charge < -0.3 is 15.5 Å². The smallest absolute Gasteiger partial charge is 0.271 e. The summed E-state index contributed by atoms with van der Waals surface area (Å²) in [6.07, 6.45) is 1.48. The van der Waals surface area contributed by atoms with Crippen LogP contribution in [-0.4, -0.2) is 48.5 Å². The molecule has 2 rings (SSSR count). The van der Waals surface area contributed by atoms with E-state index in [1.807, 2.05) is 24.8 Å². The van der Waals surface area contributed by atoms with E-state index in [0.717, 1.165) is 18.5 Å². The Morgan fingerprint density at radius 3 is 2.38 bits per heavy atom. The van der Waals surface area contributed by atoms with E-state index in [2.05, 4.69) is 4.90 Å². The number of non-ortho nitro benzene ring substituents is 1. The van der Waals surface area contributed by atoms with E-state index in [1.54, 1.807) is 12.1 Å². The van der Waals surface area contributed by atoms with Gasteiger partial charge in [0.15, 0.2) is 0 Å². The molecule has 1 aliphatic heterocycles. The fourth-order valence-corrected chi connectivity index (χ4v) is 3.23. The lowest BCUT2D eigenvalue weighted by molar-refractivity contribution is -0.384. The molecule has 2 N–H and O–H groups in total. The molecule has 0 bridgehead atoms. The van der Waals surface area contributed by atoms with E-state index in [4.69, 9.17) is 5.73 Å². The van der Waals surface area contributed by atoms with E-state index >= 15 is 0 Å². The number of nitrogens with two attached hydrogens (primary N) is 1. The van der Waals surface area contributed by atoms with Crippen LogP contribution in [0.3, 0.4) is 0 Å². The van der Waals surface area contributed by atoms with Crippen LogP contribution in [0.5, 0.6) is 0 Å². The third-order valence-corrected chi connectivity index (χ3v) is 5.17. The number of amides is 1. The third-order valence-electron chi connectivity index (χ3n) is 5.17. The molecule has 1 fully saturated rings. The zero-order valence-corrected chi connectivity index (χ0v) is 14.4. The predicted octanol–water partition coefficient (Wildman–Crippen LogP) is 2.01. The Morgan fingerprint density at radius 2 is 1.88 bits per heavy atom. The molecule has 0 radical (unpaired) electrons. The molecule has 1 aliphatic rings. The van der Waals surface area contributed by atoms with Crippen LogP contribution in [0, 0.1) is 15.5 Å². The molecule has 7 heteroatoms. The summed E-state index contributed by atoms with van der Waals surface area (Å²) in [5.41, 5.74) is 6.33.